The first-order valence-electron chi connectivity index (χ1n) is 11.6. The van der Waals surface area contributed by atoms with Crippen LogP contribution < -0.4 is 25.5 Å². The Morgan fingerprint density at radius 2 is 1.59 bits per heavy atom. The van der Waals surface area contributed by atoms with E-state index in [1.54, 1.807) is 6.92 Å². The number of anilines is 1. The largest absolute Gasteiger partial charge is 0.495 e. The van der Waals surface area contributed by atoms with Crippen LogP contribution in [-0.4, -0.2) is 43.7 Å². The summed E-state index contributed by atoms with van der Waals surface area (Å²) >= 11 is 6.06. The summed E-state index contributed by atoms with van der Waals surface area (Å²) in [5.74, 6) is 1.42. The number of carbonyl (C=O) groups excluding carboxylic acids is 3. The van der Waals surface area contributed by atoms with Gasteiger partial charge in [-0.3, -0.25) is 14.4 Å². The number of nitrogens with one attached hydrogen (secondary N) is 3. The molecule has 0 spiro atoms. The number of hydrogen-bond donors (Lipinski definition) is 3. The van der Waals surface area contributed by atoms with Crippen molar-refractivity contribution >= 4 is 40.7 Å². The summed E-state index contributed by atoms with van der Waals surface area (Å²) in [6.45, 7) is 1.64. The van der Waals surface area contributed by atoms with Crippen molar-refractivity contribution < 1.29 is 23.9 Å². The Morgan fingerprint density at radius 3 is 2.18 bits per heavy atom. The van der Waals surface area contributed by atoms with Gasteiger partial charge in [-0.05, 0) is 62.7 Å². The molecule has 184 valence electrons. The first kappa shape index (κ1) is 24.3. The van der Waals surface area contributed by atoms with E-state index in [1.807, 2.05) is 0 Å². The molecule has 4 aliphatic carbocycles. The predicted octanol–water partition coefficient (Wildman–Crippen LogP) is 3.12. The molecule has 5 rings (SSSR count). The van der Waals surface area contributed by atoms with Gasteiger partial charge in [0, 0.05) is 23.9 Å². The summed E-state index contributed by atoms with van der Waals surface area (Å²) in [6, 6.07) is 3.17. The van der Waals surface area contributed by atoms with Gasteiger partial charge < -0.3 is 20.1 Å². The summed E-state index contributed by atoms with van der Waals surface area (Å²) in [5.41, 5.74) is 2.83. The standard InChI is InChI=1S/C24H31ClN4O5/c1-12(4-21(30)27-22-15-6-13-5-14(8-15)9-16(22)7-13)28-29-24(32)23(31)26-18-11-19(33-2)17(25)10-20(18)34-3/h10-11,13-16,22H,4-9H2,1-3H3,(H,26,31)(H,27,30)(H,29,32)/b28-12+. The third kappa shape index (κ3) is 5.29. The maximum atomic E-state index is 12.6. The van der Waals surface area contributed by atoms with Crippen molar-refractivity contribution in [3.05, 3.63) is 17.2 Å². The maximum Gasteiger partial charge on any atom is 0.329 e. The van der Waals surface area contributed by atoms with Gasteiger partial charge in [0.1, 0.15) is 11.5 Å². The molecule has 0 atom stereocenters. The number of carbonyl (C=O) groups is 3. The number of hydrogen-bond acceptors (Lipinski definition) is 6. The van der Waals surface area contributed by atoms with Crippen LogP contribution in [0.15, 0.2) is 17.2 Å². The van der Waals surface area contributed by atoms with Crippen LogP contribution in [0.25, 0.3) is 0 Å². The van der Waals surface area contributed by atoms with Gasteiger partial charge in [-0.25, -0.2) is 5.43 Å². The number of amides is 3. The highest BCUT2D eigenvalue weighted by Gasteiger charge is 2.48. The molecule has 3 N–H and O–H groups in total. The molecule has 0 unspecified atom stereocenters. The number of benzene rings is 1. The van der Waals surface area contributed by atoms with E-state index in [0.717, 1.165) is 11.8 Å². The topological polar surface area (TPSA) is 118 Å². The van der Waals surface area contributed by atoms with Crippen molar-refractivity contribution in [1.82, 2.24) is 10.7 Å². The highest BCUT2D eigenvalue weighted by molar-refractivity contribution is 6.40. The lowest BCUT2D eigenvalue weighted by molar-refractivity contribution is -0.136. The van der Waals surface area contributed by atoms with Gasteiger partial charge in [0.25, 0.3) is 0 Å². The van der Waals surface area contributed by atoms with Crippen LogP contribution in [-0.2, 0) is 14.4 Å². The fourth-order valence-corrected chi connectivity index (χ4v) is 6.23. The number of ether oxygens (including phenoxy) is 2. The molecule has 0 saturated heterocycles. The predicted molar refractivity (Wildman–Crippen MR) is 128 cm³/mol. The zero-order valence-electron chi connectivity index (χ0n) is 19.7. The monoisotopic (exact) mass is 490 g/mol. The molecular formula is C24H31ClN4O5. The van der Waals surface area contributed by atoms with Crippen LogP contribution in [0.1, 0.15) is 45.4 Å². The Hall–Kier alpha value is -2.81. The number of hydrazone groups is 1. The Kier molecular flexibility index (Phi) is 7.30. The Balaban J connectivity index is 1.28. The zero-order chi connectivity index (χ0) is 24.4. The summed E-state index contributed by atoms with van der Waals surface area (Å²) in [7, 11) is 2.85. The molecule has 0 radical (unpaired) electrons. The molecule has 4 saturated carbocycles. The van der Waals surface area contributed by atoms with Crippen molar-refractivity contribution in [2.24, 2.45) is 28.8 Å². The van der Waals surface area contributed by atoms with E-state index >= 15 is 0 Å². The average Bonchev–Trinajstić information content (AvgIpc) is 2.80. The number of halogens is 1. The van der Waals surface area contributed by atoms with Crippen molar-refractivity contribution in [2.75, 3.05) is 19.5 Å². The molecule has 1 aromatic rings. The van der Waals surface area contributed by atoms with Crippen LogP contribution >= 0.6 is 11.6 Å². The van der Waals surface area contributed by atoms with Crippen molar-refractivity contribution in [3.8, 4) is 11.5 Å². The maximum absolute atomic E-state index is 12.6. The van der Waals surface area contributed by atoms with Gasteiger partial charge in [-0.2, -0.15) is 5.10 Å². The first-order valence-corrected chi connectivity index (χ1v) is 12.0. The second kappa shape index (κ2) is 10.2. The minimum atomic E-state index is -0.975. The van der Waals surface area contributed by atoms with Gasteiger partial charge in [-0.15, -0.1) is 0 Å². The molecule has 10 heteroatoms. The van der Waals surface area contributed by atoms with Crippen molar-refractivity contribution in [1.29, 1.82) is 0 Å². The summed E-state index contributed by atoms with van der Waals surface area (Å²) in [5, 5.41) is 9.88. The van der Waals surface area contributed by atoms with Crippen molar-refractivity contribution in [3.63, 3.8) is 0 Å². The molecule has 0 aliphatic heterocycles. The minimum absolute atomic E-state index is 0.0624. The van der Waals surface area contributed by atoms with Gasteiger partial charge in [-0.1, -0.05) is 11.6 Å². The fourth-order valence-electron chi connectivity index (χ4n) is 6.00. The molecule has 1 aromatic carbocycles. The molecule has 4 fully saturated rings. The van der Waals surface area contributed by atoms with Crippen LogP contribution in [0.2, 0.25) is 5.02 Å². The third-order valence-electron chi connectivity index (χ3n) is 7.25. The van der Waals surface area contributed by atoms with Crippen LogP contribution in [0, 0.1) is 23.7 Å². The second-order valence-electron chi connectivity index (χ2n) is 9.63. The summed E-state index contributed by atoms with van der Waals surface area (Å²) in [6.07, 6.45) is 6.32. The molecule has 3 amide bonds. The lowest BCUT2D eigenvalue weighted by Crippen LogP contribution is -2.56. The first-order chi connectivity index (χ1) is 16.3. The Labute approximate surface area is 204 Å². The van der Waals surface area contributed by atoms with Crippen LogP contribution in [0.5, 0.6) is 11.5 Å². The normalized spacial score (nSPS) is 27.2. The van der Waals surface area contributed by atoms with E-state index in [1.165, 1.54) is 58.5 Å². The van der Waals surface area contributed by atoms with E-state index in [0.29, 0.717) is 28.3 Å². The van der Waals surface area contributed by atoms with Crippen molar-refractivity contribution in [2.45, 2.75) is 51.5 Å². The molecular weight excluding hydrogens is 460 g/mol. The second-order valence-corrected chi connectivity index (χ2v) is 10.0. The molecule has 34 heavy (non-hydrogen) atoms. The van der Waals surface area contributed by atoms with E-state index < -0.39 is 11.8 Å². The molecule has 4 bridgehead atoms. The number of nitrogens with zero attached hydrogens (tertiary/aromatic N) is 1. The fraction of sp³-hybridized carbons (Fsp3) is 0.583. The van der Waals surface area contributed by atoms with Gasteiger partial charge in [0.05, 0.1) is 31.4 Å². The highest BCUT2D eigenvalue weighted by atomic mass is 35.5. The third-order valence-corrected chi connectivity index (χ3v) is 7.54. The summed E-state index contributed by atoms with van der Waals surface area (Å²) in [4.78, 5) is 37.1. The minimum Gasteiger partial charge on any atom is -0.495 e. The van der Waals surface area contributed by atoms with Crippen LogP contribution in [0.3, 0.4) is 0 Å². The lowest BCUT2D eigenvalue weighted by atomic mass is 9.54. The molecule has 0 heterocycles. The van der Waals surface area contributed by atoms with E-state index in [2.05, 4.69) is 21.2 Å². The zero-order valence-corrected chi connectivity index (χ0v) is 20.4. The molecule has 9 nitrogen and oxygen atoms in total. The Morgan fingerprint density at radius 1 is 0.971 bits per heavy atom. The van der Waals surface area contributed by atoms with Crippen LogP contribution in [0.4, 0.5) is 5.69 Å². The van der Waals surface area contributed by atoms with E-state index in [4.69, 9.17) is 21.1 Å². The Bertz CT molecular complexity index is 983. The van der Waals surface area contributed by atoms with E-state index in [9.17, 15) is 14.4 Å². The SMILES string of the molecule is COc1cc(NC(=O)C(=O)N/N=C(\C)CC(=O)NC2C3CC4CC(C3)CC2C4)c(OC)cc1Cl. The number of methoxy groups -OCH3 is 2. The lowest BCUT2D eigenvalue weighted by Gasteiger charge is -2.54. The molecule has 0 aromatic heterocycles. The van der Waals surface area contributed by atoms with E-state index in [-0.39, 0.29) is 29.8 Å². The van der Waals surface area contributed by atoms with Gasteiger partial charge in [0.2, 0.25) is 5.91 Å². The quantitative estimate of drug-likeness (QED) is 0.308. The average molecular weight is 491 g/mol. The van der Waals surface area contributed by atoms with Gasteiger partial charge in [0.15, 0.2) is 0 Å². The highest BCUT2D eigenvalue weighted by Crippen LogP contribution is 2.53. The summed E-state index contributed by atoms with van der Waals surface area (Å²) < 4.78 is 10.3. The smallest absolute Gasteiger partial charge is 0.329 e. The van der Waals surface area contributed by atoms with Gasteiger partial charge >= 0.3 is 11.8 Å². The number of rotatable bonds is 7. The molecule has 4 aliphatic rings.